The van der Waals surface area contributed by atoms with Crippen LogP contribution in [0.3, 0.4) is 0 Å². The van der Waals surface area contributed by atoms with Gasteiger partial charge in [-0.3, -0.25) is 9.59 Å². The van der Waals surface area contributed by atoms with Crippen LogP contribution < -0.4 is 10.2 Å². The monoisotopic (exact) mass is 360 g/mol. The lowest BCUT2D eigenvalue weighted by Crippen LogP contribution is -2.46. The molecule has 2 atom stereocenters. The maximum absolute atomic E-state index is 12.4. The zero-order valence-corrected chi connectivity index (χ0v) is 15.8. The fourth-order valence-corrected chi connectivity index (χ4v) is 3.03. The number of amides is 2. The quantitative estimate of drug-likeness (QED) is 0.723. The van der Waals surface area contributed by atoms with Crippen molar-refractivity contribution in [3.63, 3.8) is 0 Å². The minimum absolute atomic E-state index is 0.00144. The summed E-state index contributed by atoms with van der Waals surface area (Å²) in [7, 11) is 0. The number of carbonyl (C=O) groups is 3. The molecule has 0 radical (unpaired) electrons. The van der Waals surface area contributed by atoms with E-state index in [9.17, 15) is 14.4 Å². The SMILES string of the molecule is CCOC(=O)[C@H](NC(=O)Cc1ccc(N2CCCC2=O)cc1)[C@H](C)CC. The van der Waals surface area contributed by atoms with Crippen molar-refractivity contribution >= 4 is 23.5 Å². The van der Waals surface area contributed by atoms with Crippen LogP contribution >= 0.6 is 0 Å². The highest BCUT2D eigenvalue weighted by Crippen LogP contribution is 2.21. The van der Waals surface area contributed by atoms with Gasteiger partial charge in [-0.25, -0.2) is 4.79 Å². The van der Waals surface area contributed by atoms with Crippen LogP contribution in [0.1, 0.15) is 45.6 Å². The number of hydrogen-bond donors (Lipinski definition) is 1. The first-order valence-electron chi connectivity index (χ1n) is 9.31. The first-order chi connectivity index (χ1) is 12.5. The lowest BCUT2D eigenvalue weighted by molar-refractivity contribution is -0.148. The molecule has 1 heterocycles. The van der Waals surface area contributed by atoms with E-state index in [1.54, 1.807) is 11.8 Å². The number of rotatable bonds is 8. The summed E-state index contributed by atoms with van der Waals surface area (Å²) >= 11 is 0. The van der Waals surface area contributed by atoms with E-state index in [0.29, 0.717) is 13.0 Å². The molecule has 0 spiro atoms. The first kappa shape index (κ1) is 19.9. The van der Waals surface area contributed by atoms with E-state index < -0.39 is 12.0 Å². The average molecular weight is 360 g/mol. The molecular formula is C20H28N2O4. The Morgan fingerprint density at radius 1 is 1.23 bits per heavy atom. The summed E-state index contributed by atoms with van der Waals surface area (Å²) in [5.41, 5.74) is 1.70. The third-order valence-corrected chi connectivity index (χ3v) is 4.76. The number of ether oxygens (including phenoxy) is 1. The van der Waals surface area contributed by atoms with E-state index in [4.69, 9.17) is 4.74 Å². The zero-order chi connectivity index (χ0) is 19.1. The van der Waals surface area contributed by atoms with Gasteiger partial charge in [0.25, 0.3) is 0 Å². The Bertz CT molecular complexity index is 642. The van der Waals surface area contributed by atoms with Crippen LogP contribution in [0, 0.1) is 5.92 Å². The number of nitrogens with one attached hydrogen (secondary N) is 1. The van der Waals surface area contributed by atoms with E-state index in [-0.39, 0.29) is 24.2 Å². The number of hydrogen-bond acceptors (Lipinski definition) is 4. The normalized spacial score (nSPS) is 16.3. The van der Waals surface area contributed by atoms with Crippen molar-refractivity contribution in [3.05, 3.63) is 29.8 Å². The third-order valence-electron chi connectivity index (χ3n) is 4.76. The molecule has 1 aliphatic rings. The lowest BCUT2D eigenvalue weighted by Gasteiger charge is -2.22. The average Bonchev–Trinajstić information content (AvgIpc) is 3.06. The van der Waals surface area contributed by atoms with Crippen molar-refractivity contribution in [3.8, 4) is 0 Å². The summed E-state index contributed by atoms with van der Waals surface area (Å²) < 4.78 is 5.07. The van der Waals surface area contributed by atoms with Crippen molar-refractivity contribution in [2.75, 3.05) is 18.1 Å². The molecule has 142 valence electrons. The number of esters is 1. The van der Waals surface area contributed by atoms with Gasteiger partial charge in [-0.1, -0.05) is 32.4 Å². The van der Waals surface area contributed by atoms with Gasteiger partial charge in [-0.05, 0) is 37.0 Å². The maximum Gasteiger partial charge on any atom is 0.328 e. The summed E-state index contributed by atoms with van der Waals surface area (Å²) in [5.74, 6) is -0.464. The summed E-state index contributed by atoms with van der Waals surface area (Å²) in [6.45, 7) is 6.68. The standard InChI is InChI=1S/C20H28N2O4/c1-4-14(3)19(20(25)26-5-2)21-17(23)13-15-8-10-16(11-9-15)22-12-6-7-18(22)24/h8-11,14,19H,4-7,12-13H2,1-3H3,(H,21,23)/t14-,19-/m1/s1. The Kier molecular flexibility index (Phi) is 7.18. The minimum Gasteiger partial charge on any atom is -0.464 e. The summed E-state index contributed by atoms with van der Waals surface area (Å²) in [6, 6.07) is 6.80. The molecule has 0 saturated carbocycles. The summed E-state index contributed by atoms with van der Waals surface area (Å²) in [6.07, 6.45) is 2.42. The predicted molar refractivity (Wildman–Crippen MR) is 99.8 cm³/mol. The molecule has 6 heteroatoms. The minimum atomic E-state index is -0.631. The molecule has 1 fully saturated rings. The molecule has 0 unspecified atom stereocenters. The van der Waals surface area contributed by atoms with Crippen molar-refractivity contribution < 1.29 is 19.1 Å². The molecule has 2 amide bonds. The van der Waals surface area contributed by atoms with Gasteiger partial charge in [0.05, 0.1) is 13.0 Å². The molecule has 1 aromatic rings. The largest absolute Gasteiger partial charge is 0.464 e. The van der Waals surface area contributed by atoms with Crippen LogP contribution in [-0.4, -0.2) is 37.0 Å². The van der Waals surface area contributed by atoms with E-state index >= 15 is 0 Å². The molecule has 2 rings (SSSR count). The maximum atomic E-state index is 12.4. The Hall–Kier alpha value is -2.37. The van der Waals surface area contributed by atoms with Crippen LogP contribution in [0.4, 0.5) is 5.69 Å². The Morgan fingerprint density at radius 2 is 1.92 bits per heavy atom. The molecule has 1 N–H and O–H groups in total. The van der Waals surface area contributed by atoms with Crippen LogP contribution in [0.25, 0.3) is 0 Å². The van der Waals surface area contributed by atoms with E-state index in [1.165, 1.54) is 0 Å². The molecule has 1 aromatic carbocycles. The fraction of sp³-hybridized carbons (Fsp3) is 0.550. The molecule has 1 saturated heterocycles. The number of anilines is 1. The summed E-state index contributed by atoms with van der Waals surface area (Å²) in [4.78, 5) is 38.0. The van der Waals surface area contributed by atoms with Gasteiger partial charge in [0.15, 0.2) is 0 Å². The highest BCUT2D eigenvalue weighted by Gasteiger charge is 2.27. The van der Waals surface area contributed by atoms with Gasteiger partial charge < -0.3 is 15.0 Å². The molecule has 26 heavy (non-hydrogen) atoms. The lowest BCUT2D eigenvalue weighted by atomic mass is 9.99. The van der Waals surface area contributed by atoms with Gasteiger partial charge in [-0.2, -0.15) is 0 Å². The van der Waals surface area contributed by atoms with Gasteiger partial charge in [-0.15, -0.1) is 0 Å². The number of nitrogens with zero attached hydrogens (tertiary/aromatic N) is 1. The van der Waals surface area contributed by atoms with Gasteiger partial charge in [0, 0.05) is 18.7 Å². The molecule has 0 aliphatic carbocycles. The Labute approximate surface area is 154 Å². The van der Waals surface area contributed by atoms with Crippen molar-refractivity contribution in [2.24, 2.45) is 5.92 Å². The van der Waals surface area contributed by atoms with Crippen LogP contribution in [0.15, 0.2) is 24.3 Å². The second-order valence-corrected chi connectivity index (χ2v) is 6.67. The van der Waals surface area contributed by atoms with E-state index in [1.807, 2.05) is 38.1 Å². The van der Waals surface area contributed by atoms with Gasteiger partial charge in [0.1, 0.15) is 6.04 Å². The second-order valence-electron chi connectivity index (χ2n) is 6.67. The molecule has 0 bridgehead atoms. The molecule has 0 aromatic heterocycles. The zero-order valence-electron chi connectivity index (χ0n) is 15.8. The second kappa shape index (κ2) is 9.36. The molecular weight excluding hydrogens is 332 g/mol. The van der Waals surface area contributed by atoms with Crippen LogP contribution in [0.2, 0.25) is 0 Å². The number of benzene rings is 1. The number of carbonyl (C=O) groups excluding carboxylic acids is 3. The van der Waals surface area contributed by atoms with Crippen molar-refractivity contribution in [1.29, 1.82) is 0 Å². The third kappa shape index (κ3) is 5.07. The predicted octanol–water partition coefficient (Wildman–Crippen LogP) is 2.45. The van der Waals surface area contributed by atoms with Gasteiger partial charge in [0.2, 0.25) is 11.8 Å². The van der Waals surface area contributed by atoms with E-state index in [0.717, 1.165) is 30.6 Å². The summed E-state index contributed by atoms with van der Waals surface area (Å²) in [5, 5.41) is 2.80. The first-order valence-corrected chi connectivity index (χ1v) is 9.31. The Morgan fingerprint density at radius 3 is 2.46 bits per heavy atom. The topological polar surface area (TPSA) is 75.7 Å². The van der Waals surface area contributed by atoms with Crippen LogP contribution in [-0.2, 0) is 25.5 Å². The fourth-order valence-electron chi connectivity index (χ4n) is 3.03. The van der Waals surface area contributed by atoms with Crippen LogP contribution in [0.5, 0.6) is 0 Å². The highest BCUT2D eigenvalue weighted by atomic mass is 16.5. The Balaban J connectivity index is 1.97. The molecule has 1 aliphatic heterocycles. The highest BCUT2D eigenvalue weighted by molar-refractivity contribution is 5.95. The van der Waals surface area contributed by atoms with E-state index in [2.05, 4.69) is 5.32 Å². The van der Waals surface area contributed by atoms with Gasteiger partial charge >= 0.3 is 5.97 Å². The van der Waals surface area contributed by atoms with Crippen molar-refractivity contribution in [1.82, 2.24) is 5.32 Å². The van der Waals surface area contributed by atoms with Crippen molar-refractivity contribution in [2.45, 2.75) is 52.5 Å². The molecule has 6 nitrogen and oxygen atoms in total. The smallest absolute Gasteiger partial charge is 0.328 e.